The number of fused-ring (bicyclic) bond motifs is 3. The Labute approximate surface area is 332 Å². The Morgan fingerprint density at radius 3 is 2.43 bits per heavy atom. The number of aromatic hydroxyl groups is 1. The molecule has 0 radical (unpaired) electrons. The number of rotatable bonds is 13. The number of benzene rings is 1. The predicted octanol–water partition coefficient (Wildman–Crippen LogP) is 3.62. The third-order valence-electron chi connectivity index (χ3n) is 10.8. The highest BCUT2D eigenvalue weighted by Crippen LogP contribution is 2.23. The van der Waals surface area contributed by atoms with Gasteiger partial charge in [-0.2, -0.15) is 0 Å². The number of amides is 5. The molecule has 1 saturated heterocycles. The Kier molecular flexibility index (Phi) is 19.3. The number of unbranched alkanes of at least 4 members (excludes halogenated alkanes) is 1. The third kappa shape index (κ3) is 14.6. The smallest absolute Gasteiger partial charge is 0.326 e. The molecule has 0 unspecified atom stereocenters. The van der Waals surface area contributed by atoms with Gasteiger partial charge >= 0.3 is 5.97 Å². The Morgan fingerprint density at radius 1 is 0.982 bits per heavy atom. The lowest BCUT2D eigenvalue weighted by Gasteiger charge is -2.31. The van der Waals surface area contributed by atoms with E-state index < -0.39 is 53.9 Å². The lowest BCUT2D eigenvalue weighted by molar-refractivity contribution is -0.143. The van der Waals surface area contributed by atoms with Crippen molar-refractivity contribution in [3.8, 4) is 5.75 Å². The van der Waals surface area contributed by atoms with Crippen molar-refractivity contribution in [2.75, 3.05) is 13.1 Å². The zero-order valence-electron chi connectivity index (χ0n) is 33.8. The number of carboxylic acids is 1. The van der Waals surface area contributed by atoms with Crippen LogP contribution >= 0.6 is 0 Å². The Hall–Kier alpha value is -4.46. The summed E-state index contributed by atoms with van der Waals surface area (Å²) in [5, 5.41) is 31.7. The van der Waals surface area contributed by atoms with Gasteiger partial charge in [0.15, 0.2) is 0 Å². The molecule has 2 aliphatic rings. The highest BCUT2D eigenvalue weighted by atomic mass is 16.4. The topological polar surface area (TPSA) is 220 Å². The van der Waals surface area contributed by atoms with Gasteiger partial charge < -0.3 is 42.1 Å². The lowest BCUT2D eigenvalue weighted by atomic mass is 9.95. The predicted molar refractivity (Wildman–Crippen MR) is 214 cm³/mol. The second-order valence-electron chi connectivity index (χ2n) is 15.9. The molecule has 2 bridgehead atoms. The monoisotopic (exact) mass is 782 g/mol. The Morgan fingerprint density at radius 2 is 1.73 bits per heavy atom. The molecule has 8 N–H and O–H groups in total. The Bertz CT molecular complexity index is 1520. The fraction of sp³-hybridized carbons (Fsp3) is 0.667. The maximum absolute atomic E-state index is 14.3. The third-order valence-corrected chi connectivity index (χ3v) is 10.8. The van der Waals surface area contributed by atoms with Crippen LogP contribution < -0.4 is 27.0 Å². The van der Waals surface area contributed by atoms with E-state index in [1.165, 1.54) is 4.90 Å². The van der Waals surface area contributed by atoms with Crippen LogP contribution in [0.3, 0.4) is 0 Å². The average molecular weight is 783 g/mol. The highest BCUT2D eigenvalue weighted by Gasteiger charge is 2.39. The first-order valence-electron chi connectivity index (χ1n) is 20.6. The minimum absolute atomic E-state index is 0.00690. The highest BCUT2D eigenvalue weighted by molar-refractivity contribution is 5.96. The number of allylic oxidation sites excluding steroid dienone is 2. The fourth-order valence-corrected chi connectivity index (χ4v) is 7.30. The summed E-state index contributed by atoms with van der Waals surface area (Å²) in [5.74, 6) is -3.87. The summed E-state index contributed by atoms with van der Waals surface area (Å²) in [7, 11) is 0. The second-order valence-corrected chi connectivity index (χ2v) is 15.9. The minimum atomic E-state index is -1.20. The molecule has 5 amide bonds. The van der Waals surface area contributed by atoms with Gasteiger partial charge in [0, 0.05) is 19.4 Å². The van der Waals surface area contributed by atoms with Gasteiger partial charge in [0.1, 0.15) is 36.0 Å². The van der Waals surface area contributed by atoms with E-state index in [0.717, 1.165) is 25.7 Å². The largest absolute Gasteiger partial charge is 0.508 e. The summed E-state index contributed by atoms with van der Waals surface area (Å²) in [6.45, 7) is 8.10. The van der Waals surface area contributed by atoms with E-state index in [2.05, 4.69) is 27.3 Å². The summed E-state index contributed by atoms with van der Waals surface area (Å²) in [5.41, 5.74) is 7.03. The molecule has 312 valence electrons. The number of hydrogen-bond donors (Lipinski definition) is 7. The van der Waals surface area contributed by atoms with Crippen LogP contribution in [-0.4, -0.2) is 93.9 Å². The summed E-state index contributed by atoms with van der Waals surface area (Å²) >= 11 is 0. The molecular weight excluding hydrogens is 716 g/mol. The first-order chi connectivity index (χ1) is 26.7. The summed E-state index contributed by atoms with van der Waals surface area (Å²) in [4.78, 5) is 82.6. The molecule has 2 heterocycles. The quantitative estimate of drug-likeness (QED) is 0.115. The number of phenolic OH excluding ortho intramolecular Hbond substituents is 1. The number of carboxylic acid groups (broad SMARTS) is 1. The Balaban J connectivity index is 1.98. The number of phenols is 1. The van der Waals surface area contributed by atoms with E-state index in [1.54, 1.807) is 25.1 Å². The summed E-state index contributed by atoms with van der Waals surface area (Å²) in [6.07, 6.45) is 12.4. The van der Waals surface area contributed by atoms with E-state index in [0.29, 0.717) is 75.6 Å². The van der Waals surface area contributed by atoms with Crippen molar-refractivity contribution in [3.05, 3.63) is 41.5 Å². The van der Waals surface area contributed by atoms with Crippen molar-refractivity contribution in [1.82, 2.24) is 26.2 Å². The first kappa shape index (κ1) is 45.9. The molecule has 56 heavy (non-hydrogen) atoms. The fourth-order valence-electron chi connectivity index (χ4n) is 7.30. The molecule has 0 spiro atoms. The van der Waals surface area contributed by atoms with Crippen LogP contribution in [-0.2, 0) is 41.6 Å². The standard InChI is InChI=1S/C42H66N6O8/c1-5-28(4)37(40(53)46-33(42(55)56)24-27(2)3)47-38(51)32-26-29-20-21-35(49)30(25-29)16-11-9-7-6-8-10-12-19-36(50)44-31(17-13-14-22-43)41(54)48-23-15-18-34(48)39(52)45-32/h9,11,20-21,25,27-28,31-34,37,49H,5-8,10,12-19,22-24,26,43H2,1-4H3,(H,44,50)(H,45,52)(H,46,53)(H,47,51)(H,55,56)/b11-9+/t28-,31-,32-,33-,34-,37-/m0/s1. The van der Waals surface area contributed by atoms with Gasteiger partial charge in [0.25, 0.3) is 0 Å². The van der Waals surface area contributed by atoms with Crippen molar-refractivity contribution in [3.63, 3.8) is 0 Å². The van der Waals surface area contributed by atoms with Gasteiger partial charge in [-0.05, 0) is 99.8 Å². The normalized spacial score (nSPS) is 22.6. The van der Waals surface area contributed by atoms with Crippen LogP contribution in [0, 0.1) is 11.8 Å². The number of nitrogens with two attached hydrogens (primary N) is 1. The molecule has 1 aromatic rings. The van der Waals surface area contributed by atoms with Crippen LogP contribution in [0.25, 0.3) is 0 Å². The first-order valence-corrected chi connectivity index (χ1v) is 20.6. The van der Waals surface area contributed by atoms with E-state index >= 15 is 0 Å². The number of carbonyl (C=O) groups excluding carboxylic acids is 5. The molecule has 14 nitrogen and oxygen atoms in total. The van der Waals surface area contributed by atoms with E-state index in [9.17, 15) is 39.0 Å². The van der Waals surface area contributed by atoms with Crippen molar-refractivity contribution in [2.45, 2.75) is 154 Å². The van der Waals surface area contributed by atoms with Crippen LogP contribution in [0.4, 0.5) is 0 Å². The number of aliphatic carboxylic acids is 1. The number of hydrogen-bond acceptors (Lipinski definition) is 8. The number of carbonyl (C=O) groups is 6. The maximum Gasteiger partial charge on any atom is 0.326 e. The van der Waals surface area contributed by atoms with Crippen molar-refractivity contribution in [2.24, 2.45) is 17.6 Å². The molecule has 1 fully saturated rings. The molecule has 1 aromatic carbocycles. The van der Waals surface area contributed by atoms with Gasteiger partial charge in [0.2, 0.25) is 29.5 Å². The van der Waals surface area contributed by atoms with Gasteiger partial charge in [-0.1, -0.05) is 71.2 Å². The van der Waals surface area contributed by atoms with Crippen LogP contribution in [0.15, 0.2) is 30.4 Å². The van der Waals surface area contributed by atoms with Gasteiger partial charge in [0.05, 0.1) is 0 Å². The second kappa shape index (κ2) is 23.6. The van der Waals surface area contributed by atoms with Crippen LogP contribution in [0.5, 0.6) is 5.75 Å². The molecule has 3 rings (SSSR count). The molecule has 0 aliphatic carbocycles. The van der Waals surface area contributed by atoms with E-state index in [4.69, 9.17) is 5.73 Å². The van der Waals surface area contributed by atoms with Crippen LogP contribution in [0.2, 0.25) is 0 Å². The average Bonchev–Trinajstić information content (AvgIpc) is 3.65. The van der Waals surface area contributed by atoms with Gasteiger partial charge in [-0.3, -0.25) is 24.0 Å². The molecule has 0 saturated carbocycles. The van der Waals surface area contributed by atoms with Crippen molar-refractivity contribution >= 4 is 35.5 Å². The van der Waals surface area contributed by atoms with E-state index in [-0.39, 0.29) is 48.7 Å². The molecular formula is C42H66N6O8. The summed E-state index contributed by atoms with van der Waals surface area (Å²) < 4.78 is 0. The molecule has 14 heteroatoms. The minimum Gasteiger partial charge on any atom is -0.508 e. The SMILES string of the molecule is CC[C@H](C)[C@H](NC(=O)[C@@H]1Cc2ccc(O)c(c2)C/C=C/CCCCCCC(=O)N[C@@H](CCCCN)C(=O)N2CCC[C@H]2C(=O)N1)C(=O)N[C@@H](CC(C)C)C(=O)O. The van der Waals surface area contributed by atoms with Gasteiger partial charge in [-0.25, -0.2) is 4.79 Å². The molecule has 0 aromatic heterocycles. The summed E-state index contributed by atoms with van der Waals surface area (Å²) in [6, 6.07) is -0.141. The van der Waals surface area contributed by atoms with Gasteiger partial charge in [-0.15, -0.1) is 0 Å². The number of nitrogens with one attached hydrogen (secondary N) is 4. The van der Waals surface area contributed by atoms with Crippen molar-refractivity contribution in [1.29, 1.82) is 0 Å². The van der Waals surface area contributed by atoms with Crippen LogP contribution in [0.1, 0.15) is 122 Å². The lowest BCUT2D eigenvalue weighted by Crippen LogP contribution is -2.60. The maximum atomic E-state index is 14.3. The zero-order valence-corrected chi connectivity index (χ0v) is 33.8. The molecule has 2 aliphatic heterocycles. The molecule has 6 atom stereocenters. The van der Waals surface area contributed by atoms with Crippen molar-refractivity contribution < 1.29 is 39.0 Å². The number of nitrogens with zero attached hydrogens (tertiary/aromatic N) is 1. The zero-order chi connectivity index (χ0) is 41.2. The van der Waals surface area contributed by atoms with E-state index in [1.807, 2.05) is 26.8 Å².